The molecule has 0 spiro atoms. The highest BCUT2D eigenvalue weighted by Crippen LogP contribution is 2.08. The minimum atomic E-state index is -0.449. The smallest absolute Gasteiger partial charge is 0.308 e. The molecular formula is C19H37ClO6. The third-order valence-electron chi connectivity index (χ3n) is 3.16. The number of unbranched alkanes of at least 4 members (excludes halogenated alkanes) is 3. The Morgan fingerprint density at radius 1 is 0.692 bits per heavy atom. The summed E-state index contributed by atoms with van der Waals surface area (Å²) in [7, 11) is 0. The molecule has 0 atom stereocenters. The van der Waals surface area contributed by atoms with Gasteiger partial charge in [0.05, 0.1) is 52.7 Å². The molecule has 0 aromatic heterocycles. The van der Waals surface area contributed by atoms with E-state index in [0.29, 0.717) is 46.2 Å². The van der Waals surface area contributed by atoms with Crippen molar-refractivity contribution in [2.45, 2.75) is 58.5 Å². The molecule has 0 bridgehead atoms. The first-order chi connectivity index (χ1) is 12.5. The van der Waals surface area contributed by atoms with Crippen LogP contribution in [0.5, 0.6) is 0 Å². The lowest BCUT2D eigenvalue weighted by Crippen LogP contribution is -2.24. The van der Waals surface area contributed by atoms with Gasteiger partial charge in [0.1, 0.15) is 5.60 Å². The fourth-order valence-electron chi connectivity index (χ4n) is 1.96. The Bertz CT molecular complexity index is 320. The van der Waals surface area contributed by atoms with Crippen molar-refractivity contribution in [3.8, 4) is 0 Å². The summed E-state index contributed by atoms with van der Waals surface area (Å²) >= 11 is 5.62. The van der Waals surface area contributed by atoms with Crippen LogP contribution in [0.25, 0.3) is 0 Å². The average Bonchev–Trinajstić information content (AvgIpc) is 2.56. The number of rotatable bonds is 18. The highest BCUT2D eigenvalue weighted by atomic mass is 35.5. The Kier molecular flexibility index (Phi) is 17.7. The summed E-state index contributed by atoms with van der Waals surface area (Å²) < 4.78 is 26.8. The molecule has 0 aliphatic rings. The number of alkyl halides is 1. The fourth-order valence-corrected chi connectivity index (χ4v) is 2.15. The van der Waals surface area contributed by atoms with E-state index < -0.39 is 5.60 Å². The molecule has 0 aromatic carbocycles. The zero-order chi connectivity index (χ0) is 19.5. The number of halogens is 1. The van der Waals surface area contributed by atoms with Crippen molar-refractivity contribution < 1.29 is 28.5 Å². The van der Waals surface area contributed by atoms with Gasteiger partial charge in [0, 0.05) is 12.5 Å². The van der Waals surface area contributed by atoms with Gasteiger partial charge in [0.25, 0.3) is 0 Å². The molecule has 26 heavy (non-hydrogen) atoms. The molecule has 0 N–H and O–H groups in total. The van der Waals surface area contributed by atoms with E-state index in [9.17, 15) is 4.79 Å². The molecule has 0 aliphatic carbocycles. The molecule has 0 unspecified atom stereocenters. The first-order valence-corrected chi connectivity index (χ1v) is 10.1. The first kappa shape index (κ1) is 25.6. The van der Waals surface area contributed by atoms with Crippen LogP contribution in [0.4, 0.5) is 0 Å². The lowest BCUT2D eigenvalue weighted by Gasteiger charge is -2.19. The fraction of sp³-hybridized carbons (Fsp3) is 0.947. The number of ether oxygens (including phenoxy) is 5. The number of hydrogen-bond acceptors (Lipinski definition) is 6. The minimum Gasteiger partial charge on any atom is -0.460 e. The molecule has 0 fully saturated rings. The van der Waals surface area contributed by atoms with Gasteiger partial charge in [-0.05, 0) is 33.6 Å². The third-order valence-corrected chi connectivity index (χ3v) is 3.43. The zero-order valence-corrected chi connectivity index (χ0v) is 17.5. The Morgan fingerprint density at radius 2 is 1.15 bits per heavy atom. The van der Waals surface area contributed by atoms with Crippen LogP contribution in [0.3, 0.4) is 0 Å². The topological polar surface area (TPSA) is 63.2 Å². The molecule has 0 rings (SSSR count). The van der Waals surface area contributed by atoms with Crippen molar-refractivity contribution in [1.82, 2.24) is 0 Å². The van der Waals surface area contributed by atoms with E-state index in [2.05, 4.69) is 0 Å². The molecule has 0 aromatic rings. The minimum absolute atomic E-state index is 0.246. The Hall–Kier alpha value is -0.400. The van der Waals surface area contributed by atoms with Gasteiger partial charge >= 0.3 is 5.97 Å². The first-order valence-electron chi connectivity index (χ1n) is 9.54. The van der Waals surface area contributed by atoms with Gasteiger partial charge in [0.15, 0.2) is 0 Å². The van der Waals surface area contributed by atoms with Gasteiger partial charge in [-0.15, -0.1) is 11.6 Å². The lowest BCUT2D eigenvalue weighted by molar-refractivity contribution is -0.156. The molecule has 0 amide bonds. The quantitative estimate of drug-likeness (QED) is 0.200. The molecule has 0 saturated heterocycles. The summed E-state index contributed by atoms with van der Waals surface area (Å²) in [6, 6.07) is 0. The third kappa shape index (κ3) is 21.6. The van der Waals surface area contributed by atoms with E-state index in [1.807, 2.05) is 20.8 Å². The Balaban J connectivity index is 3.12. The average molecular weight is 397 g/mol. The van der Waals surface area contributed by atoms with Crippen LogP contribution in [0.15, 0.2) is 0 Å². The molecule has 0 radical (unpaired) electrons. The Morgan fingerprint density at radius 3 is 1.65 bits per heavy atom. The van der Waals surface area contributed by atoms with Crippen molar-refractivity contribution >= 4 is 17.6 Å². The molecule has 0 saturated carbocycles. The zero-order valence-electron chi connectivity index (χ0n) is 16.7. The predicted octanol–water partition coefficient (Wildman–Crippen LogP) is 3.58. The van der Waals surface area contributed by atoms with E-state index in [0.717, 1.165) is 25.3 Å². The lowest BCUT2D eigenvalue weighted by atomic mass is 10.2. The number of carbonyl (C=O) groups excluding carboxylic acids is 1. The second-order valence-electron chi connectivity index (χ2n) is 6.89. The normalized spacial score (nSPS) is 11.7. The molecule has 0 heterocycles. The second-order valence-corrected chi connectivity index (χ2v) is 7.27. The van der Waals surface area contributed by atoms with Crippen LogP contribution in [-0.4, -0.2) is 70.3 Å². The van der Waals surface area contributed by atoms with Crippen molar-refractivity contribution in [1.29, 1.82) is 0 Å². The standard InChI is InChI=1S/C19H37ClO6/c1-19(2,3)26-18(21)8-11-23-13-15-25-17-16-24-14-12-22-10-7-5-4-6-9-20/h4-17H2,1-3H3. The van der Waals surface area contributed by atoms with Crippen LogP contribution < -0.4 is 0 Å². The van der Waals surface area contributed by atoms with Crippen LogP contribution >= 0.6 is 11.6 Å². The van der Waals surface area contributed by atoms with Crippen molar-refractivity contribution in [2.75, 3.05) is 58.7 Å². The van der Waals surface area contributed by atoms with Crippen LogP contribution in [-0.2, 0) is 28.5 Å². The second kappa shape index (κ2) is 18.0. The van der Waals surface area contributed by atoms with Gasteiger partial charge in [-0.2, -0.15) is 0 Å². The van der Waals surface area contributed by atoms with E-state index in [4.69, 9.17) is 35.3 Å². The SMILES string of the molecule is CC(C)(C)OC(=O)CCOCCOCCOCCOCCCCCCCl. The van der Waals surface area contributed by atoms with E-state index in [1.165, 1.54) is 12.8 Å². The van der Waals surface area contributed by atoms with Crippen LogP contribution in [0.1, 0.15) is 52.9 Å². The van der Waals surface area contributed by atoms with E-state index in [1.54, 1.807) is 0 Å². The summed E-state index contributed by atoms with van der Waals surface area (Å²) in [6.07, 6.45) is 4.76. The largest absolute Gasteiger partial charge is 0.460 e. The summed E-state index contributed by atoms with van der Waals surface area (Å²) in [5.41, 5.74) is -0.449. The molecular weight excluding hydrogens is 360 g/mol. The Labute approximate surface area is 163 Å². The maximum absolute atomic E-state index is 11.5. The van der Waals surface area contributed by atoms with Crippen molar-refractivity contribution in [3.05, 3.63) is 0 Å². The summed E-state index contributed by atoms with van der Waals surface area (Å²) in [4.78, 5) is 11.5. The summed E-state index contributed by atoms with van der Waals surface area (Å²) in [5.74, 6) is 0.499. The molecule has 0 aliphatic heterocycles. The van der Waals surface area contributed by atoms with Gasteiger partial charge in [-0.1, -0.05) is 12.8 Å². The molecule has 6 nitrogen and oxygen atoms in total. The predicted molar refractivity (Wildman–Crippen MR) is 103 cm³/mol. The highest BCUT2D eigenvalue weighted by Gasteiger charge is 2.15. The number of esters is 1. The van der Waals surface area contributed by atoms with Gasteiger partial charge in [0.2, 0.25) is 0 Å². The molecule has 7 heteroatoms. The van der Waals surface area contributed by atoms with Crippen molar-refractivity contribution in [2.24, 2.45) is 0 Å². The van der Waals surface area contributed by atoms with Crippen LogP contribution in [0, 0.1) is 0 Å². The van der Waals surface area contributed by atoms with Crippen LogP contribution in [0.2, 0.25) is 0 Å². The van der Waals surface area contributed by atoms with Gasteiger partial charge in [-0.25, -0.2) is 0 Å². The van der Waals surface area contributed by atoms with Crippen molar-refractivity contribution in [3.63, 3.8) is 0 Å². The maximum Gasteiger partial charge on any atom is 0.308 e. The highest BCUT2D eigenvalue weighted by molar-refractivity contribution is 6.17. The molecule has 156 valence electrons. The monoisotopic (exact) mass is 396 g/mol. The maximum atomic E-state index is 11.5. The number of carbonyl (C=O) groups is 1. The number of hydrogen-bond donors (Lipinski definition) is 0. The van der Waals surface area contributed by atoms with E-state index in [-0.39, 0.29) is 12.4 Å². The van der Waals surface area contributed by atoms with Gasteiger partial charge < -0.3 is 23.7 Å². The van der Waals surface area contributed by atoms with Gasteiger partial charge in [-0.3, -0.25) is 4.79 Å². The summed E-state index contributed by atoms with van der Waals surface area (Å²) in [5, 5.41) is 0. The summed E-state index contributed by atoms with van der Waals surface area (Å²) in [6.45, 7) is 9.85. The van der Waals surface area contributed by atoms with E-state index >= 15 is 0 Å².